The summed E-state index contributed by atoms with van der Waals surface area (Å²) in [6.07, 6.45) is 2.38. The summed E-state index contributed by atoms with van der Waals surface area (Å²) in [5.41, 5.74) is 4.14. The third-order valence-electron chi connectivity index (χ3n) is 7.97. The minimum absolute atomic E-state index is 0.0713. The number of aliphatic hydroxyl groups excluding tert-OH is 1. The normalized spacial score (nSPS) is 18.0. The number of fused-ring (bicyclic) bond motifs is 2. The zero-order chi connectivity index (χ0) is 29.5. The summed E-state index contributed by atoms with van der Waals surface area (Å²) >= 11 is 0. The van der Waals surface area contributed by atoms with E-state index in [0.29, 0.717) is 40.1 Å². The van der Waals surface area contributed by atoms with E-state index in [-0.39, 0.29) is 48.0 Å². The van der Waals surface area contributed by atoms with Crippen molar-refractivity contribution in [2.75, 3.05) is 38.6 Å². The van der Waals surface area contributed by atoms with Gasteiger partial charge in [0.25, 0.3) is 17.4 Å². The molecule has 1 fully saturated rings. The number of nitrogens with one attached hydrogen (secondary N) is 3. The number of aromatic amines is 2. The number of imide groups is 1. The molecule has 11 nitrogen and oxygen atoms in total. The predicted molar refractivity (Wildman–Crippen MR) is 159 cm³/mol. The Labute approximate surface area is 242 Å². The molecule has 1 unspecified atom stereocenters. The molecule has 2 aromatic carbocycles. The Balaban J connectivity index is 1.21. The quantitative estimate of drug-likeness (QED) is 0.237. The minimum Gasteiger partial charge on any atom is -0.491 e. The van der Waals surface area contributed by atoms with E-state index in [0.717, 1.165) is 30.5 Å². The Morgan fingerprint density at radius 3 is 2.67 bits per heavy atom. The van der Waals surface area contributed by atoms with Gasteiger partial charge in [0, 0.05) is 19.3 Å². The highest BCUT2D eigenvalue weighted by Crippen LogP contribution is 2.32. The number of pyridine rings is 1. The molecule has 218 valence electrons. The summed E-state index contributed by atoms with van der Waals surface area (Å²) in [6, 6.07) is 10.6. The van der Waals surface area contributed by atoms with Crippen molar-refractivity contribution >= 4 is 28.5 Å². The Morgan fingerprint density at radius 1 is 1.12 bits per heavy atom. The maximum atomic E-state index is 13.3. The molecule has 0 aliphatic carbocycles. The molecule has 1 saturated heterocycles. The number of aliphatic hydroxyl groups is 1. The number of piperidine rings is 1. The average molecular weight is 571 g/mol. The number of H-pyrrole nitrogens is 2. The first kappa shape index (κ1) is 27.7. The molecule has 2 aromatic heterocycles. The lowest BCUT2D eigenvalue weighted by Gasteiger charge is -2.34. The largest absolute Gasteiger partial charge is 0.491 e. The first-order chi connectivity index (χ1) is 20.2. The number of hydrogen-bond donors (Lipinski definition) is 4. The number of benzene rings is 2. The first-order valence-electron chi connectivity index (χ1n) is 14.1. The van der Waals surface area contributed by atoms with E-state index >= 15 is 0 Å². The van der Waals surface area contributed by atoms with Gasteiger partial charge in [-0.3, -0.25) is 19.3 Å². The number of aryl methyl sites for hydroxylation is 2. The van der Waals surface area contributed by atoms with Crippen LogP contribution in [0.2, 0.25) is 0 Å². The van der Waals surface area contributed by atoms with Gasteiger partial charge in [-0.15, -0.1) is 0 Å². The van der Waals surface area contributed by atoms with Gasteiger partial charge in [-0.2, -0.15) is 0 Å². The summed E-state index contributed by atoms with van der Waals surface area (Å²) in [4.78, 5) is 53.5. The topological polar surface area (TPSA) is 144 Å². The van der Waals surface area contributed by atoms with Gasteiger partial charge in [0.05, 0.1) is 33.9 Å². The van der Waals surface area contributed by atoms with E-state index in [1.807, 2.05) is 39.1 Å². The van der Waals surface area contributed by atoms with Crippen LogP contribution in [0.4, 0.5) is 5.69 Å². The number of hydrogen-bond acceptors (Lipinski definition) is 8. The van der Waals surface area contributed by atoms with Crippen molar-refractivity contribution in [1.29, 1.82) is 0 Å². The summed E-state index contributed by atoms with van der Waals surface area (Å²) in [7, 11) is 1.99. The number of carbonyl (C=O) groups excluding carboxylic acids is 2. The Kier molecular flexibility index (Phi) is 7.29. The third kappa shape index (κ3) is 5.17. The van der Waals surface area contributed by atoms with E-state index in [1.54, 1.807) is 18.2 Å². The molecule has 11 heteroatoms. The fourth-order valence-electron chi connectivity index (χ4n) is 5.86. The first-order valence-corrected chi connectivity index (χ1v) is 14.1. The van der Waals surface area contributed by atoms with Crippen molar-refractivity contribution in [2.45, 2.75) is 38.8 Å². The van der Waals surface area contributed by atoms with Gasteiger partial charge in [0.2, 0.25) is 0 Å². The van der Waals surface area contributed by atoms with Crippen LogP contribution in [0.1, 0.15) is 44.7 Å². The molecular weight excluding hydrogens is 536 g/mol. The highest BCUT2D eigenvalue weighted by atomic mass is 16.5. The van der Waals surface area contributed by atoms with Gasteiger partial charge < -0.3 is 30.0 Å². The highest BCUT2D eigenvalue weighted by Gasteiger charge is 2.41. The van der Waals surface area contributed by atoms with Crippen LogP contribution >= 0.6 is 0 Å². The van der Waals surface area contributed by atoms with E-state index in [2.05, 4.69) is 25.2 Å². The number of aromatic nitrogens is 3. The van der Waals surface area contributed by atoms with Crippen molar-refractivity contribution in [3.05, 3.63) is 75.2 Å². The zero-order valence-electron chi connectivity index (χ0n) is 23.9. The molecule has 0 radical (unpaired) electrons. The minimum atomic E-state index is -0.847. The lowest BCUT2D eigenvalue weighted by molar-refractivity contribution is 0.0503. The number of carbonyl (C=O) groups is 2. The number of ether oxygens (including phenoxy) is 1. The molecule has 2 aliphatic rings. The van der Waals surface area contributed by atoms with E-state index in [9.17, 15) is 19.5 Å². The van der Waals surface area contributed by atoms with Gasteiger partial charge >= 0.3 is 0 Å². The van der Waals surface area contributed by atoms with Crippen molar-refractivity contribution in [2.24, 2.45) is 0 Å². The highest BCUT2D eigenvalue weighted by molar-refractivity contribution is 6.23. The van der Waals surface area contributed by atoms with Gasteiger partial charge in [0.1, 0.15) is 29.8 Å². The van der Waals surface area contributed by atoms with Crippen LogP contribution in [-0.4, -0.2) is 87.1 Å². The maximum Gasteiger partial charge on any atom is 0.261 e. The third-order valence-corrected chi connectivity index (χ3v) is 7.97. The van der Waals surface area contributed by atoms with Crippen LogP contribution in [-0.2, 0) is 0 Å². The number of amides is 2. The SMILES string of the molecule is Cc1ccc(OC[C@H](O)CNc2cc[nH]c(=O)c2-c2nc3cc4c(cc3[nH]2)C(=O)N(C2CCCN(C)C2)C4=O)c(C)c1. The number of rotatable bonds is 8. The summed E-state index contributed by atoms with van der Waals surface area (Å²) in [6.45, 7) is 5.77. The van der Waals surface area contributed by atoms with Crippen LogP contribution < -0.4 is 15.6 Å². The molecule has 42 heavy (non-hydrogen) atoms. The Bertz CT molecular complexity index is 1690. The Hall–Kier alpha value is -4.48. The lowest BCUT2D eigenvalue weighted by atomic mass is 10.0. The molecule has 4 heterocycles. The zero-order valence-corrected chi connectivity index (χ0v) is 23.9. The second-order valence-electron chi connectivity index (χ2n) is 11.2. The smallest absolute Gasteiger partial charge is 0.261 e. The fraction of sp³-hybridized carbons (Fsp3) is 0.355. The Morgan fingerprint density at radius 2 is 1.90 bits per heavy atom. The standard InChI is InChI=1S/C31H34N6O5/c1-17-6-7-26(18(2)11-17)42-16-20(38)14-33-23-8-9-32-29(39)27(23)28-34-24-12-21-22(13-25(24)35-28)31(41)37(30(21)40)19-5-4-10-36(3)15-19/h6-9,11-13,19-20,38H,4-5,10,14-16H2,1-3H3,(H,34,35)(H2,32,33,39)/t19?,20-/m1/s1. The van der Waals surface area contributed by atoms with Crippen molar-refractivity contribution < 1.29 is 19.4 Å². The molecular formula is C31H34N6O5. The van der Waals surface area contributed by atoms with Crippen LogP contribution in [0.5, 0.6) is 5.75 Å². The van der Waals surface area contributed by atoms with Crippen LogP contribution in [0.15, 0.2) is 47.4 Å². The van der Waals surface area contributed by atoms with E-state index < -0.39 is 6.10 Å². The van der Waals surface area contributed by atoms with E-state index in [4.69, 9.17) is 4.74 Å². The summed E-state index contributed by atoms with van der Waals surface area (Å²) in [5.74, 6) is 0.380. The van der Waals surface area contributed by atoms with Crippen LogP contribution in [0.25, 0.3) is 22.4 Å². The second kappa shape index (κ2) is 11.1. The average Bonchev–Trinajstić information content (AvgIpc) is 3.47. The van der Waals surface area contributed by atoms with Crippen molar-refractivity contribution in [3.8, 4) is 17.1 Å². The molecule has 0 bridgehead atoms. The number of imidazole rings is 1. The van der Waals surface area contributed by atoms with Crippen LogP contribution in [0, 0.1) is 13.8 Å². The van der Waals surface area contributed by atoms with E-state index in [1.165, 1.54) is 11.1 Å². The molecule has 4 aromatic rings. The number of anilines is 1. The van der Waals surface area contributed by atoms with Crippen LogP contribution in [0.3, 0.4) is 0 Å². The van der Waals surface area contributed by atoms with Gasteiger partial charge in [-0.25, -0.2) is 4.98 Å². The molecule has 2 amide bonds. The van der Waals surface area contributed by atoms with Gasteiger partial charge in [0.15, 0.2) is 0 Å². The molecule has 0 saturated carbocycles. The predicted octanol–water partition coefficient (Wildman–Crippen LogP) is 3.08. The van der Waals surface area contributed by atoms with Crippen molar-refractivity contribution in [1.82, 2.24) is 24.8 Å². The van der Waals surface area contributed by atoms with Crippen molar-refractivity contribution in [3.63, 3.8) is 0 Å². The number of likely N-dealkylation sites (tertiary alicyclic amines) is 1. The molecule has 0 spiro atoms. The monoisotopic (exact) mass is 570 g/mol. The molecule has 6 rings (SSSR count). The summed E-state index contributed by atoms with van der Waals surface area (Å²) in [5, 5.41) is 13.7. The lowest BCUT2D eigenvalue weighted by Crippen LogP contribution is -2.49. The summed E-state index contributed by atoms with van der Waals surface area (Å²) < 4.78 is 5.79. The number of likely N-dealkylation sites (N-methyl/N-ethyl adjacent to an activating group) is 1. The molecule has 4 N–H and O–H groups in total. The van der Waals surface area contributed by atoms with Gasteiger partial charge in [-0.1, -0.05) is 17.7 Å². The molecule has 2 aliphatic heterocycles. The molecule has 2 atom stereocenters. The van der Waals surface area contributed by atoms with Gasteiger partial charge in [-0.05, 0) is 70.1 Å². The maximum absolute atomic E-state index is 13.3. The number of nitrogens with zero attached hydrogens (tertiary/aromatic N) is 3. The second-order valence-corrected chi connectivity index (χ2v) is 11.2. The fourth-order valence-corrected chi connectivity index (χ4v) is 5.86.